The minimum Gasteiger partial charge on any atom is -0.394 e. The molecule has 1 atom stereocenters. The number of morpholine rings is 1. The van der Waals surface area contributed by atoms with Gasteiger partial charge in [0.25, 0.3) is 0 Å². The first-order chi connectivity index (χ1) is 9.72. The van der Waals surface area contributed by atoms with E-state index < -0.39 is 0 Å². The molecule has 2 rings (SSSR count). The maximum atomic E-state index is 12.1. The normalized spacial score (nSPS) is 19.1. The fraction of sp³-hybridized carbons (Fsp3) is 0.562. The number of aryl methyl sites for hydroxylation is 2. The Morgan fingerprint density at radius 1 is 1.35 bits per heavy atom. The number of hydrogen-bond acceptors (Lipinski definition) is 3. The standard InChI is InChI=1S/C16H23NO3/c1-2-13-3-5-14(6-4-13)7-8-16(19)17-9-10-20-15(11-17)12-18/h3-6,15,18H,2,7-12H2,1H3. The Kier molecular flexibility index (Phi) is 5.56. The third kappa shape index (κ3) is 4.05. The first kappa shape index (κ1) is 15.0. The average molecular weight is 277 g/mol. The minimum atomic E-state index is -0.225. The first-order valence-electron chi connectivity index (χ1n) is 7.31. The Labute approximate surface area is 120 Å². The van der Waals surface area contributed by atoms with Gasteiger partial charge < -0.3 is 14.7 Å². The average Bonchev–Trinajstić information content (AvgIpc) is 2.53. The minimum absolute atomic E-state index is 0.0255. The molecule has 0 spiro atoms. The molecule has 1 aromatic carbocycles. The van der Waals surface area contributed by atoms with Crippen LogP contribution in [0, 0.1) is 0 Å². The van der Waals surface area contributed by atoms with Crippen LogP contribution in [0.15, 0.2) is 24.3 Å². The van der Waals surface area contributed by atoms with Gasteiger partial charge in [0, 0.05) is 19.5 Å². The van der Waals surface area contributed by atoms with E-state index >= 15 is 0 Å². The number of benzene rings is 1. The predicted octanol–water partition coefficient (Wildman–Crippen LogP) is 1.40. The summed E-state index contributed by atoms with van der Waals surface area (Å²) in [5.74, 6) is 0.145. The Morgan fingerprint density at radius 3 is 2.70 bits per heavy atom. The van der Waals surface area contributed by atoms with Crippen LogP contribution < -0.4 is 0 Å². The highest BCUT2D eigenvalue weighted by Gasteiger charge is 2.23. The number of ether oxygens (including phenoxy) is 1. The maximum Gasteiger partial charge on any atom is 0.223 e. The lowest BCUT2D eigenvalue weighted by Crippen LogP contribution is -2.46. The van der Waals surface area contributed by atoms with Crippen LogP contribution in [-0.2, 0) is 22.4 Å². The number of aliphatic hydroxyl groups is 1. The highest BCUT2D eigenvalue weighted by molar-refractivity contribution is 5.76. The SMILES string of the molecule is CCc1ccc(CCC(=O)N2CCOC(CO)C2)cc1. The summed E-state index contributed by atoms with van der Waals surface area (Å²) in [5, 5.41) is 9.08. The van der Waals surface area contributed by atoms with Crippen LogP contribution in [0.2, 0.25) is 0 Å². The van der Waals surface area contributed by atoms with Crippen molar-refractivity contribution in [1.29, 1.82) is 0 Å². The van der Waals surface area contributed by atoms with Crippen molar-refractivity contribution in [2.24, 2.45) is 0 Å². The van der Waals surface area contributed by atoms with E-state index in [1.54, 1.807) is 4.90 Å². The van der Waals surface area contributed by atoms with Crippen LogP contribution >= 0.6 is 0 Å². The van der Waals surface area contributed by atoms with Gasteiger partial charge in [0.1, 0.15) is 0 Å². The van der Waals surface area contributed by atoms with Crippen molar-refractivity contribution >= 4 is 5.91 Å². The summed E-state index contributed by atoms with van der Waals surface area (Å²) >= 11 is 0. The summed E-state index contributed by atoms with van der Waals surface area (Å²) in [4.78, 5) is 13.9. The fourth-order valence-electron chi connectivity index (χ4n) is 2.41. The van der Waals surface area contributed by atoms with Crippen LogP contribution in [-0.4, -0.2) is 48.3 Å². The molecule has 1 fully saturated rings. The Morgan fingerprint density at radius 2 is 2.05 bits per heavy atom. The molecule has 1 aliphatic heterocycles. The second-order valence-corrected chi connectivity index (χ2v) is 5.19. The zero-order valence-electron chi connectivity index (χ0n) is 12.0. The second-order valence-electron chi connectivity index (χ2n) is 5.19. The van der Waals surface area contributed by atoms with Gasteiger partial charge in [-0.25, -0.2) is 0 Å². The van der Waals surface area contributed by atoms with Crippen LogP contribution in [0.1, 0.15) is 24.5 Å². The molecule has 0 saturated carbocycles. The molecule has 0 aliphatic carbocycles. The number of carbonyl (C=O) groups is 1. The van der Waals surface area contributed by atoms with Crippen LogP contribution in [0.4, 0.5) is 0 Å². The molecule has 20 heavy (non-hydrogen) atoms. The molecule has 1 heterocycles. The number of aliphatic hydroxyl groups excluding tert-OH is 1. The highest BCUT2D eigenvalue weighted by Crippen LogP contribution is 2.11. The van der Waals surface area contributed by atoms with E-state index in [0.29, 0.717) is 26.1 Å². The predicted molar refractivity (Wildman–Crippen MR) is 77.5 cm³/mol. The van der Waals surface area contributed by atoms with Crippen molar-refractivity contribution in [2.75, 3.05) is 26.3 Å². The van der Waals surface area contributed by atoms with Crippen molar-refractivity contribution < 1.29 is 14.6 Å². The highest BCUT2D eigenvalue weighted by atomic mass is 16.5. The summed E-state index contributed by atoms with van der Waals surface area (Å²) in [7, 11) is 0. The van der Waals surface area contributed by atoms with Gasteiger partial charge in [0.15, 0.2) is 0 Å². The number of hydrogen-bond donors (Lipinski definition) is 1. The maximum absolute atomic E-state index is 12.1. The van der Waals surface area contributed by atoms with Gasteiger partial charge in [-0.1, -0.05) is 31.2 Å². The fourth-order valence-corrected chi connectivity index (χ4v) is 2.41. The molecule has 1 unspecified atom stereocenters. The number of rotatable bonds is 5. The lowest BCUT2D eigenvalue weighted by Gasteiger charge is -2.32. The third-order valence-corrected chi connectivity index (χ3v) is 3.75. The molecule has 1 aliphatic rings. The smallest absolute Gasteiger partial charge is 0.223 e. The molecule has 1 aromatic rings. The Balaban J connectivity index is 1.81. The number of carbonyl (C=O) groups excluding carboxylic acids is 1. The summed E-state index contributed by atoms with van der Waals surface area (Å²) in [6.45, 7) is 3.76. The number of amides is 1. The van der Waals surface area contributed by atoms with E-state index in [1.165, 1.54) is 11.1 Å². The summed E-state index contributed by atoms with van der Waals surface area (Å²) in [5.41, 5.74) is 2.52. The molecule has 0 radical (unpaired) electrons. The second kappa shape index (κ2) is 7.41. The molecule has 1 N–H and O–H groups in total. The van der Waals surface area contributed by atoms with E-state index in [9.17, 15) is 4.79 Å². The van der Waals surface area contributed by atoms with Gasteiger partial charge >= 0.3 is 0 Å². The number of nitrogens with zero attached hydrogens (tertiary/aromatic N) is 1. The van der Waals surface area contributed by atoms with Gasteiger partial charge in [-0.15, -0.1) is 0 Å². The van der Waals surface area contributed by atoms with Gasteiger partial charge in [-0.2, -0.15) is 0 Å². The van der Waals surface area contributed by atoms with E-state index in [0.717, 1.165) is 12.8 Å². The van der Waals surface area contributed by atoms with Crippen molar-refractivity contribution in [3.05, 3.63) is 35.4 Å². The Hall–Kier alpha value is -1.39. The molecular weight excluding hydrogens is 254 g/mol. The molecular formula is C16H23NO3. The first-order valence-corrected chi connectivity index (χ1v) is 7.31. The summed E-state index contributed by atoms with van der Waals surface area (Å²) < 4.78 is 5.35. The van der Waals surface area contributed by atoms with Gasteiger partial charge in [-0.05, 0) is 24.0 Å². The lowest BCUT2D eigenvalue weighted by atomic mass is 10.1. The van der Waals surface area contributed by atoms with E-state index in [-0.39, 0.29) is 18.6 Å². The Bertz CT molecular complexity index is 430. The van der Waals surface area contributed by atoms with Crippen molar-refractivity contribution in [2.45, 2.75) is 32.3 Å². The summed E-state index contributed by atoms with van der Waals surface area (Å²) in [6, 6.07) is 8.44. The molecule has 110 valence electrons. The van der Waals surface area contributed by atoms with E-state index in [4.69, 9.17) is 9.84 Å². The van der Waals surface area contributed by atoms with Gasteiger partial charge in [0.05, 0.1) is 19.3 Å². The topological polar surface area (TPSA) is 49.8 Å². The van der Waals surface area contributed by atoms with Gasteiger partial charge in [0.2, 0.25) is 5.91 Å². The van der Waals surface area contributed by atoms with Gasteiger partial charge in [-0.3, -0.25) is 4.79 Å². The van der Waals surface area contributed by atoms with Crippen molar-refractivity contribution in [1.82, 2.24) is 4.90 Å². The van der Waals surface area contributed by atoms with Crippen LogP contribution in [0.25, 0.3) is 0 Å². The third-order valence-electron chi connectivity index (χ3n) is 3.75. The largest absolute Gasteiger partial charge is 0.394 e. The molecule has 0 aromatic heterocycles. The lowest BCUT2D eigenvalue weighted by molar-refractivity contribution is -0.140. The van der Waals surface area contributed by atoms with E-state index in [2.05, 4.69) is 31.2 Å². The monoisotopic (exact) mass is 277 g/mol. The van der Waals surface area contributed by atoms with Crippen LogP contribution in [0.5, 0.6) is 0 Å². The summed E-state index contributed by atoms with van der Waals surface area (Å²) in [6.07, 6.45) is 2.10. The van der Waals surface area contributed by atoms with E-state index in [1.807, 2.05) is 0 Å². The molecule has 1 amide bonds. The molecule has 4 nitrogen and oxygen atoms in total. The van der Waals surface area contributed by atoms with Crippen molar-refractivity contribution in [3.8, 4) is 0 Å². The molecule has 1 saturated heterocycles. The van der Waals surface area contributed by atoms with Crippen LogP contribution in [0.3, 0.4) is 0 Å². The zero-order valence-corrected chi connectivity index (χ0v) is 12.0. The zero-order chi connectivity index (χ0) is 14.4. The quantitative estimate of drug-likeness (QED) is 0.885. The molecule has 0 bridgehead atoms. The molecule has 4 heteroatoms. The van der Waals surface area contributed by atoms with Crippen molar-refractivity contribution in [3.63, 3.8) is 0 Å².